The largest absolute Gasteiger partial charge is 0.478 e. The van der Waals surface area contributed by atoms with Gasteiger partial charge in [0.2, 0.25) is 0 Å². The number of carboxylic acids is 1. The molecule has 0 aliphatic carbocycles. The van der Waals surface area contributed by atoms with Gasteiger partial charge in [-0.2, -0.15) is 0 Å². The van der Waals surface area contributed by atoms with E-state index in [1.807, 2.05) is 19.1 Å². The molecule has 0 spiro atoms. The SMILES string of the molecule is Cc1ccc(C2CC(C)CCN2C(=O)c2cc(C(=O)O)co2)o1. The van der Waals surface area contributed by atoms with Crippen molar-refractivity contribution in [1.82, 2.24) is 4.90 Å². The van der Waals surface area contributed by atoms with Gasteiger partial charge in [-0.3, -0.25) is 4.79 Å². The van der Waals surface area contributed by atoms with Gasteiger partial charge in [-0.1, -0.05) is 6.92 Å². The number of furan rings is 2. The van der Waals surface area contributed by atoms with E-state index in [9.17, 15) is 9.59 Å². The molecular formula is C17H19NO5. The number of nitrogens with zero attached hydrogens (tertiary/aromatic N) is 1. The molecule has 0 aromatic carbocycles. The van der Waals surface area contributed by atoms with Crippen molar-refractivity contribution in [2.45, 2.75) is 32.7 Å². The van der Waals surface area contributed by atoms with Crippen molar-refractivity contribution in [2.24, 2.45) is 5.92 Å². The first-order valence-electron chi connectivity index (χ1n) is 7.65. The fourth-order valence-corrected chi connectivity index (χ4v) is 2.99. The van der Waals surface area contributed by atoms with E-state index in [2.05, 4.69) is 6.92 Å². The number of carbonyl (C=O) groups excluding carboxylic acids is 1. The van der Waals surface area contributed by atoms with Crippen LogP contribution in [0.25, 0.3) is 0 Å². The maximum atomic E-state index is 12.7. The standard InChI is InChI=1S/C17H19NO5/c1-10-5-6-18(13(7-10)14-4-3-11(2)23-14)16(19)15-8-12(9-22-15)17(20)21/h3-4,8-10,13H,5-7H2,1-2H3,(H,20,21). The zero-order valence-corrected chi connectivity index (χ0v) is 13.1. The van der Waals surface area contributed by atoms with E-state index in [-0.39, 0.29) is 23.3 Å². The molecule has 3 heterocycles. The number of amides is 1. The van der Waals surface area contributed by atoms with E-state index < -0.39 is 5.97 Å². The number of rotatable bonds is 3. The third-order valence-electron chi connectivity index (χ3n) is 4.27. The van der Waals surface area contributed by atoms with E-state index in [0.29, 0.717) is 12.5 Å². The maximum absolute atomic E-state index is 12.7. The molecular weight excluding hydrogens is 298 g/mol. The van der Waals surface area contributed by atoms with Crippen molar-refractivity contribution < 1.29 is 23.5 Å². The summed E-state index contributed by atoms with van der Waals surface area (Å²) < 4.78 is 10.9. The Morgan fingerprint density at radius 3 is 2.74 bits per heavy atom. The number of aryl methyl sites for hydroxylation is 1. The highest BCUT2D eigenvalue weighted by Crippen LogP contribution is 2.36. The summed E-state index contributed by atoms with van der Waals surface area (Å²) in [5.74, 6) is 0.678. The van der Waals surface area contributed by atoms with Gasteiger partial charge in [0.15, 0.2) is 5.76 Å². The number of aromatic carboxylic acids is 1. The van der Waals surface area contributed by atoms with Crippen molar-refractivity contribution in [3.8, 4) is 0 Å². The Balaban J connectivity index is 1.88. The fourth-order valence-electron chi connectivity index (χ4n) is 2.99. The minimum Gasteiger partial charge on any atom is -0.478 e. The van der Waals surface area contributed by atoms with Gasteiger partial charge in [0.05, 0.1) is 11.6 Å². The predicted molar refractivity (Wildman–Crippen MR) is 81.3 cm³/mol. The Hall–Kier alpha value is -2.50. The van der Waals surface area contributed by atoms with Crippen molar-refractivity contribution in [3.05, 3.63) is 47.3 Å². The molecule has 1 aliphatic heterocycles. The van der Waals surface area contributed by atoms with Crippen molar-refractivity contribution in [3.63, 3.8) is 0 Å². The lowest BCUT2D eigenvalue weighted by Gasteiger charge is -2.36. The average molecular weight is 317 g/mol. The number of carboxylic acid groups (broad SMARTS) is 1. The first-order valence-corrected chi connectivity index (χ1v) is 7.65. The lowest BCUT2D eigenvalue weighted by Crippen LogP contribution is -2.40. The summed E-state index contributed by atoms with van der Waals surface area (Å²) in [6, 6.07) is 4.89. The minimum atomic E-state index is -1.11. The van der Waals surface area contributed by atoms with Crippen LogP contribution in [0.1, 0.15) is 58.2 Å². The molecule has 1 amide bonds. The van der Waals surface area contributed by atoms with E-state index in [0.717, 1.165) is 30.6 Å². The molecule has 1 N–H and O–H groups in total. The van der Waals surface area contributed by atoms with Crippen LogP contribution in [0, 0.1) is 12.8 Å². The highest BCUT2D eigenvalue weighted by atomic mass is 16.4. The lowest BCUT2D eigenvalue weighted by molar-refractivity contribution is 0.0488. The second kappa shape index (κ2) is 5.95. The summed E-state index contributed by atoms with van der Waals surface area (Å²) >= 11 is 0. The van der Waals surface area contributed by atoms with Crippen LogP contribution >= 0.6 is 0 Å². The van der Waals surface area contributed by atoms with Gasteiger partial charge in [0, 0.05) is 12.6 Å². The summed E-state index contributed by atoms with van der Waals surface area (Å²) in [5.41, 5.74) is -0.0240. The van der Waals surface area contributed by atoms with Crippen molar-refractivity contribution in [2.75, 3.05) is 6.54 Å². The highest BCUT2D eigenvalue weighted by molar-refractivity contribution is 5.95. The Labute approximate surface area is 133 Å². The van der Waals surface area contributed by atoms with Crippen LogP contribution < -0.4 is 0 Å². The van der Waals surface area contributed by atoms with Gasteiger partial charge >= 0.3 is 5.97 Å². The van der Waals surface area contributed by atoms with Gasteiger partial charge in [-0.15, -0.1) is 0 Å². The molecule has 2 atom stereocenters. The topological polar surface area (TPSA) is 83.9 Å². The molecule has 6 heteroatoms. The van der Waals surface area contributed by atoms with Crippen molar-refractivity contribution >= 4 is 11.9 Å². The molecule has 2 aromatic heterocycles. The van der Waals surface area contributed by atoms with Crippen LogP contribution in [0.5, 0.6) is 0 Å². The van der Waals surface area contributed by atoms with Crippen LogP contribution in [0.4, 0.5) is 0 Å². The third kappa shape index (κ3) is 3.02. The number of carbonyl (C=O) groups is 2. The summed E-state index contributed by atoms with van der Waals surface area (Å²) in [6.07, 6.45) is 2.80. The number of likely N-dealkylation sites (tertiary alicyclic amines) is 1. The smallest absolute Gasteiger partial charge is 0.338 e. The number of hydrogen-bond donors (Lipinski definition) is 1. The minimum absolute atomic E-state index is 0.0240. The van der Waals surface area contributed by atoms with Crippen LogP contribution in [0.15, 0.2) is 33.3 Å². The zero-order valence-electron chi connectivity index (χ0n) is 13.1. The Kier molecular flexibility index (Phi) is 3.98. The average Bonchev–Trinajstić information content (AvgIpc) is 3.15. The normalized spacial score (nSPS) is 21.4. The number of hydrogen-bond acceptors (Lipinski definition) is 4. The maximum Gasteiger partial charge on any atom is 0.338 e. The lowest BCUT2D eigenvalue weighted by atomic mass is 9.91. The summed E-state index contributed by atoms with van der Waals surface area (Å²) in [6.45, 7) is 4.61. The molecule has 1 saturated heterocycles. The van der Waals surface area contributed by atoms with Crippen LogP contribution in [0.2, 0.25) is 0 Å². The zero-order chi connectivity index (χ0) is 16.6. The molecule has 1 fully saturated rings. The molecule has 2 aromatic rings. The van der Waals surface area contributed by atoms with E-state index >= 15 is 0 Å². The molecule has 1 aliphatic rings. The summed E-state index contributed by atoms with van der Waals surface area (Å²) in [7, 11) is 0. The van der Waals surface area contributed by atoms with Gasteiger partial charge in [0.1, 0.15) is 17.8 Å². The molecule has 0 bridgehead atoms. The monoisotopic (exact) mass is 317 g/mol. The second-order valence-corrected chi connectivity index (χ2v) is 6.10. The Morgan fingerprint density at radius 1 is 1.35 bits per heavy atom. The molecule has 23 heavy (non-hydrogen) atoms. The molecule has 122 valence electrons. The highest BCUT2D eigenvalue weighted by Gasteiger charge is 2.34. The quantitative estimate of drug-likeness (QED) is 0.936. The number of piperidine rings is 1. The first-order chi connectivity index (χ1) is 11.0. The van der Waals surface area contributed by atoms with E-state index in [1.54, 1.807) is 4.90 Å². The second-order valence-electron chi connectivity index (χ2n) is 6.10. The summed E-state index contributed by atoms with van der Waals surface area (Å²) in [4.78, 5) is 25.4. The molecule has 0 radical (unpaired) electrons. The molecule has 6 nitrogen and oxygen atoms in total. The van der Waals surface area contributed by atoms with Gasteiger partial charge in [-0.05, 0) is 37.8 Å². The van der Waals surface area contributed by atoms with E-state index in [1.165, 1.54) is 6.07 Å². The molecule has 3 rings (SSSR count). The predicted octanol–water partition coefficient (Wildman–Crippen LogP) is 3.49. The van der Waals surface area contributed by atoms with Crippen molar-refractivity contribution in [1.29, 1.82) is 0 Å². The Morgan fingerprint density at radius 2 is 2.13 bits per heavy atom. The van der Waals surface area contributed by atoms with Crippen LogP contribution in [-0.2, 0) is 0 Å². The first kappa shape index (κ1) is 15.4. The van der Waals surface area contributed by atoms with Gasteiger partial charge in [-0.25, -0.2) is 4.79 Å². The summed E-state index contributed by atoms with van der Waals surface area (Å²) in [5, 5.41) is 8.96. The fraction of sp³-hybridized carbons (Fsp3) is 0.412. The van der Waals surface area contributed by atoms with Gasteiger partial charge < -0.3 is 18.8 Å². The van der Waals surface area contributed by atoms with E-state index in [4.69, 9.17) is 13.9 Å². The van der Waals surface area contributed by atoms with Crippen LogP contribution in [-0.4, -0.2) is 28.4 Å². The van der Waals surface area contributed by atoms with Crippen LogP contribution in [0.3, 0.4) is 0 Å². The third-order valence-corrected chi connectivity index (χ3v) is 4.27. The molecule has 2 unspecified atom stereocenters. The molecule has 0 saturated carbocycles. The Bertz CT molecular complexity index is 729. The van der Waals surface area contributed by atoms with Gasteiger partial charge in [0.25, 0.3) is 5.91 Å².